The van der Waals surface area contributed by atoms with E-state index < -0.39 is 0 Å². The Labute approximate surface area is 89.1 Å². The highest BCUT2D eigenvalue weighted by molar-refractivity contribution is 5.85. The highest BCUT2D eigenvalue weighted by atomic mass is 35.5. The van der Waals surface area contributed by atoms with Crippen molar-refractivity contribution in [1.82, 2.24) is 10.2 Å². The summed E-state index contributed by atoms with van der Waals surface area (Å²) in [6, 6.07) is 0. The summed E-state index contributed by atoms with van der Waals surface area (Å²) in [4.78, 5) is 2.24. The van der Waals surface area contributed by atoms with E-state index in [-0.39, 0.29) is 12.4 Å². The van der Waals surface area contributed by atoms with E-state index in [1.165, 1.54) is 13.1 Å². The first-order valence-electron chi connectivity index (χ1n) is 4.59. The van der Waals surface area contributed by atoms with Crippen LogP contribution in [0.25, 0.3) is 0 Å². The van der Waals surface area contributed by atoms with Crippen molar-refractivity contribution in [2.75, 3.05) is 61.4 Å². The molecule has 1 N–H and O–H groups in total. The molecule has 3 nitrogen and oxygen atoms in total. The molecule has 0 saturated heterocycles. The lowest BCUT2D eigenvalue weighted by atomic mass is 10.4. The van der Waals surface area contributed by atoms with E-state index in [0.717, 1.165) is 17.6 Å². The second-order valence-electron chi connectivity index (χ2n) is 4.29. The van der Waals surface area contributed by atoms with Crippen LogP contribution in [0.5, 0.6) is 0 Å². The summed E-state index contributed by atoms with van der Waals surface area (Å²) in [7, 11) is 10.8. The molecule has 0 aliphatic rings. The van der Waals surface area contributed by atoms with Crippen LogP contribution in [-0.4, -0.2) is 70.8 Å². The summed E-state index contributed by atoms with van der Waals surface area (Å²) >= 11 is 0. The SMILES string of the molecule is CNCC[N+](C)(C)CCN(C)C.Cl. The second kappa shape index (κ2) is 7.56. The molecular weight excluding hydrogens is 186 g/mol. The van der Waals surface area contributed by atoms with Gasteiger partial charge in [-0.1, -0.05) is 0 Å². The van der Waals surface area contributed by atoms with Crippen LogP contribution in [-0.2, 0) is 0 Å². The van der Waals surface area contributed by atoms with Crippen LogP contribution >= 0.6 is 12.4 Å². The van der Waals surface area contributed by atoms with Crippen molar-refractivity contribution in [3.8, 4) is 0 Å². The molecule has 0 aliphatic carbocycles. The van der Waals surface area contributed by atoms with Gasteiger partial charge in [-0.15, -0.1) is 12.4 Å². The van der Waals surface area contributed by atoms with E-state index in [0.29, 0.717) is 0 Å². The van der Waals surface area contributed by atoms with Gasteiger partial charge in [0.1, 0.15) is 0 Å². The average molecular weight is 211 g/mol. The van der Waals surface area contributed by atoms with Gasteiger partial charge in [-0.3, -0.25) is 0 Å². The van der Waals surface area contributed by atoms with E-state index in [9.17, 15) is 0 Å². The summed E-state index contributed by atoms with van der Waals surface area (Å²) in [5.41, 5.74) is 0. The first kappa shape index (κ1) is 15.6. The first-order chi connectivity index (χ1) is 5.48. The number of hydrogen-bond donors (Lipinski definition) is 1. The van der Waals surface area contributed by atoms with Gasteiger partial charge in [0.15, 0.2) is 0 Å². The quantitative estimate of drug-likeness (QED) is 0.634. The fourth-order valence-corrected chi connectivity index (χ4v) is 0.997. The Morgan fingerprint density at radius 1 is 1.15 bits per heavy atom. The summed E-state index contributed by atoms with van der Waals surface area (Å²) in [5, 5.41) is 3.18. The van der Waals surface area contributed by atoms with Crippen LogP contribution in [0.2, 0.25) is 0 Å². The molecule has 0 fully saturated rings. The zero-order chi connectivity index (χ0) is 9.61. The van der Waals surface area contributed by atoms with Gasteiger partial charge in [-0.2, -0.15) is 0 Å². The lowest BCUT2D eigenvalue weighted by Gasteiger charge is -2.30. The van der Waals surface area contributed by atoms with Crippen molar-refractivity contribution < 1.29 is 4.48 Å². The zero-order valence-electron chi connectivity index (χ0n) is 9.63. The normalized spacial score (nSPS) is 11.5. The summed E-state index contributed by atoms with van der Waals surface area (Å²) in [6.45, 7) is 4.68. The molecule has 0 bridgehead atoms. The van der Waals surface area contributed by atoms with Gasteiger partial charge >= 0.3 is 0 Å². The third-order valence-corrected chi connectivity index (χ3v) is 2.12. The van der Waals surface area contributed by atoms with Gasteiger partial charge in [0.25, 0.3) is 0 Å². The van der Waals surface area contributed by atoms with Gasteiger partial charge in [-0.05, 0) is 21.1 Å². The molecule has 0 aliphatic heterocycles. The molecule has 82 valence electrons. The molecule has 0 rings (SSSR count). The highest BCUT2D eigenvalue weighted by Gasteiger charge is 2.13. The van der Waals surface area contributed by atoms with Crippen molar-refractivity contribution in [3.05, 3.63) is 0 Å². The zero-order valence-corrected chi connectivity index (χ0v) is 10.4. The monoisotopic (exact) mass is 210 g/mol. The number of likely N-dealkylation sites (N-methyl/N-ethyl adjacent to an activating group) is 3. The minimum atomic E-state index is 0. The summed E-state index contributed by atoms with van der Waals surface area (Å²) in [5.74, 6) is 0. The first-order valence-corrected chi connectivity index (χ1v) is 4.59. The average Bonchev–Trinajstić information content (AvgIpc) is 1.98. The van der Waals surface area contributed by atoms with E-state index in [1.807, 2.05) is 7.05 Å². The Balaban J connectivity index is 0. The fourth-order valence-electron chi connectivity index (χ4n) is 0.997. The molecule has 4 heteroatoms. The maximum Gasteiger partial charge on any atom is 0.0911 e. The van der Waals surface area contributed by atoms with Crippen molar-refractivity contribution >= 4 is 12.4 Å². The van der Waals surface area contributed by atoms with Gasteiger partial charge in [0, 0.05) is 13.1 Å². The molecule has 0 radical (unpaired) electrons. The largest absolute Gasteiger partial charge is 0.326 e. The Kier molecular flexibility index (Phi) is 9.09. The van der Waals surface area contributed by atoms with E-state index in [2.05, 4.69) is 38.4 Å². The molecule has 0 atom stereocenters. The molecule has 0 spiro atoms. The molecule has 0 saturated carbocycles. The number of hydrogen-bond acceptors (Lipinski definition) is 2. The predicted octanol–water partition coefficient (Wildman–Crippen LogP) is 0.266. The van der Waals surface area contributed by atoms with E-state index in [1.54, 1.807) is 0 Å². The van der Waals surface area contributed by atoms with Crippen LogP contribution in [0.3, 0.4) is 0 Å². The van der Waals surface area contributed by atoms with E-state index >= 15 is 0 Å². The topological polar surface area (TPSA) is 15.3 Å². The molecule has 0 heterocycles. The Hall–Kier alpha value is 0.170. The number of nitrogens with one attached hydrogen (secondary N) is 1. The minimum Gasteiger partial charge on any atom is -0.326 e. The molecule has 0 aromatic rings. The van der Waals surface area contributed by atoms with Crippen LogP contribution in [0.4, 0.5) is 0 Å². The Morgan fingerprint density at radius 2 is 1.69 bits per heavy atom. The molecule has 0 aromatic carbocycles. The third-order valence-electron chi connectivity index (χ3n) is 2.12. The van der Waals surface area contributed by atoms with Crippen molar-refractivity contribution in [1.29, 1.82) is 0 Å². The molecular formula is C9H25ClN3+. The molecule has 0 unspecified atom stereocenters. The van der Waals surface area contributed by atoms with Crippen molar-refractivity contribution in [2.45, 2.75) is 0 Å². The summed E-state index contributed by atoms with van der Waals surface area (Å²) in [6.07, 6.45) is 0. The van der Waals surface area contributed by atoms with Crippen molar-refractivity contribution in [2.24, 2.45) is 0 Å². The molecule has 0 aromatic heterocycles. The number of halogens is 1. The fraction of sp³-hybridized carbons (Fsp3) is 1.00. The molecule has 13 heavy (non-hydrogen) atoms. The Morgan fingerprint density at radius 3 is 2.08 bits per heavy atom. The maximum atomic E-state index is 3.18. The standard InChI is InChI=1S/C9H24N3.ClH/c1-10-6-8-12(4,5)9-7-11(2)3;/h10H,6-9H2,1-5H3;1H/q+1;. The van der Waals surface area contributed by atoms with E-state index in [4.69, 9.17) is 0 Å². The third kappa shape index (κ3) is 10.1. The summed E-state index contributed by atoms with van der Waals surface area (Å²) < 4.78 is 1.10. The molecule has 0 amide bonds. The van der Waals surface area contributed by atoms with Crippen LogP contribution < -0.4 is 5.32 Å². The maximum absolute atomic E-state index is 3.18. The van der Waals surface area contributed by atoms with Crippen LogP contribution in [0.1, 0.15) is 0 Å². The minimum absolute atomic E-state index is 0. The lowest BCUT2D eigenvalue weighted by Crippen LogP contribution is -2.47. The highest BCUT2D eigenvalue weighted by Crippen LogP contribution is 1.95. The van der Waals surface area contributed by atoms with Gasteiger partial charge in [0.2, 0.25) is 0 Å². The van der Waals surface area contributed by atoms with Gasteiger partial charge in [-0.25, -0.2) is 0 Å². The lowest BCUT2D eigenvalue weighted by molar-refractivity contribution is -0.888. The second-order valence-corrected chi connectivity index (χ2v) is 4.29. The van der Waals surface area contributed by atoms with Crippen LogP contribution in [0, 0.1) is 0 Å². The predicted molar refractivity (Wildman–Crippen MR) is 61.6 cm³/mol. The number of rotatable bonds is 6. The van der Waals surface area contributed by atoms with Gasteiger partial charge < -0.3 is 14.7 Å². The van der Waals surface area contributed by atoms with Crippen LogP contribution in [0.15, 0.2) is 0 Å². The van der Waals surface area contributed by atoms with Gasteiger partial charge in [0.05, 0.1) is 27.2 Å². The smallest absolute Gasteiger partial charge is 0.0911 e. The van der Waals surface area contributed by atoms with Crippen molar-refractivity contribution in [3.63, 3.8) is 0 Å². The number of nitrogens with zero attached hydrogens (tertiary/aromatic N) is 2. The Bertz CT molecular complexity index is 115. The number of quaternary nitrogens is 1.